The van der Waals surface area contributed by atoms with E-state index in [9.17, 15) is 9.18 Å². The molecule has 0 aliphatic heterocycles. The zero-order chi connectivity index (χ0) is 11.4. The zero-order valence-corrected chi connectivity index (χ0v) is 10.5. The molecule has 1 aromatic carbocycles. The molecule has 15 heavy (non-hydrogen) atoms. The molecule has 1 rings (SSSR count). The first-order valence-corrected chi connectivity index (χ1v) is 5.84. The molecular weight excluding hydrogens is 259 g/mol. The van der Waals surface area contributed by atoms with E-state index in [1.807, 2.05) is 13.8 Å². The van der Waals surface area contributed by atoms with Crippen molar-refractivity contribution >= 4 is 21.7 Å². The van der Waals surface area contributed by atoms with Crippen LogP contribution in [0.1, 0.15) is 37.0 Å². The Hall–Kier alpha value is -0.700. The highest BCUT2D eigenvalue weighted by molar-refractivity contribution is 9.10. The van der Waals surface area contributed by atoms with Crippen molar-refractivity contribution in [3.05, 3.63) is 34.1 Å². The molecule has 0 heterocycles. The Morgan fingerprint density at radius 3 is 2.73 bits per heavy atom. The molecule has 1 aromatic rings. The molecule has 3 heteroatoms. The normalized spacial score (nSPS) is 12.5. The number of halogens is 2. The fraction of sp³-hybridized carbons (Fsp3) is 0.417. The van der Waals surface area contributed by atoms with Crippen molar-refractivity contribution in [1.82, 2.24) is 0 Å². The standard InChI is InChI=1S/C12H14BrFO/c1-3-4-8(2)12(15)10-6-5-9(13)7-11(10)14/h5-8H,3-4H2,1-2H3. The van der Waals surface area contributed by atoms with Crippen LogP contribution in [-0.4, -0.2) is 5.78 Å². The Morgan fingerprint density at radius 1 is 1.53 bits per heavy atom. The fourth-order valence-electron chi connectivity index (χ4n) is 1.52. The minimum atomic E-state index is -0.447. The molecule has 0 aromatic heterocycles. The van der Waals surface area contributed by atoms with Crippen molar-refractivity contribution in [2.45, 2.75) is 26.7 Å². The monoisotopic (exact) mass is 272 g/mol. The van der Waals surface area contributed by atoms with Crippen LogP contribution in [0, 0.1) is 11.7 Å². The summed E-state index contributed by atoms with van der Waals surface area (Å²) in [5.74, 6) is -0.662. The summed E-state index contributed by atoms with van der Waals surface area (Å²) >= 11 is 3.16. The van der Waals surface area contributed by atoms with Gasteiger partial charge in [0, 0.05) is 10.4 Å². The average molecular weight is 273 g/mol. The van der Waals surface area contributed by atoms with E-state index < -0.39 is 5.82 Å². The van der Waals surface area contributed by atoms with Crippen molar-refractivity contribution in [2.24, 2.45) is 5.92 Å². The van der Waals surface area contributed by atoms with Crippen LogP contribution in [-0.2, 0) is 0 Å². The first-order valence-electron chi connectivity index (χ1n) is 5.05. The maximum atomic E-state index is 13.5. The van der Waals surface area contributed by atoms with E-state index in [2.05, 4.69) is 15.9 Å². The molecule has 0 amide bonds. The summed E-state index contributed by atoms with van der Waals surface area (Å²) in [6, 6.07) is 4.55. The summed E-state index contributed by atoms with van der Waals surface area (Å²) in [6.07, 6.45) is 1.74. The summed E-state index contributed by atoms with van der Waals surface area (Å²) in [4.78, 5) is 11.8. The van der Waals surface area contributed by atoms with Crippen molar-refractivity contribution < 1.29 is 9.18 Å². The molecule has 0 radical (unpaired) electrons. The van der Waals surface area contributed by atoms with E-state index in [4.69, 9.17) is 0 Å². The van der Waals surface area contributed by atoms with Gasteiger partial charge in [-0.05, 0) is 24.6 Å². The summed E-state index contributed by atoms with van der Waals surface area (Å²) in [7, 11) is 0. The lowest BCUT2D eigenvalue weighted by Crippen LogP contribution is -2.12. The van der Waals surface area contributed by atoms with Gasteiger partial charge in [0.05, 0.1) is 5.56 Å². The van der Waals surface area contributed by atoms with Gasteiger partial charge in [-0.3, -0.25) is 4.79 Å². The van der Waals surface area contributed by atoms with Gasteiger partial charge < -0.3 is 0 Å². The average Bonchev–Trinajstić information content (AvgIpc) is 2.17. The molecule has 0 saturated carbocycles. The Labute approximate surface area is 97.8 Å². The highest BCUT2D eigenvalue weighted by Gasteiger charge is 2.17. The Morgan fingerprint density at radius 2 is 2.20 bits per heavy atom. The van der Waals surface area contributed by atoms with Crippen molar-refractivity contribution in [1.29, 1.82) is 0 Å². The maximum absolute atomic E-state index is 13.5. The van der Waals surface area contributed by atoms with Gasteiger partial charge in [-0.1, -0.05) is 36.2 Å². The van der Waals surface area contributed by atoms with Gasteiger partial charge in [0.25, 0.3) is 0 Å². The van der Waals surface area contributed by atoms with Crippen molar-refractivity contribution in [3.8, 4) is 0 Å². The predicted octanol–water partition coefficient (Wildman–Crippen LogP) is 4.21. The van der Waals surface area contributed by atoms with Crippen molar-refractivity contribution in [3.63, 3.8) is 0 Å². The summed E-state index contributed by atoms with van der Waals surface area (Å²) in [5, 5.41) is 0. The molecular formula is C12H14BrFO. The van der Waals surface area contributed by atoms with Crippen LogP contribution in [0.3, 0.4) is 0 Å². The smallest absolute Gasteiger partial charge is 0.168 e. The Balaban J connectivity index is 2.91. The number of carbonyl (C=O) groups is 1. The van der Waals surface area contributed by atoms with Gasteiger partial charge in [-0.15, -0.1) is 0 Å². The van der Waals surface area contributed by atoms with E-state index in [0.29, 0.717) is 4.47 Å². The first kappa shape index (κ1) is 12.4. The van der Waals surface area contributed by atoms with E-state index in [0.717, 1.165) is 12.8 Å². The van der Waals surface area contributed by atoms with E-state index in [1.165, 1.54) is 12.1 Å². The second-order valence-corrected chi connectivity index (χ2v) is 4.59. The van der Waals surface area contributed by atoms with E-state index in [-0.39, 0.29) is 17.3 Å². The second kappa shape index (κ2) is 5.40. The minimum Gasteiger partial charge on any atom is -0.294 e. The highest BCUT2D eigenvalue weighted by Crippen LogP contribution is 2.20. The molecule has 0 N–H and O–H groups in total. The zero-order valence-electron chi connectivity index (χ0n) is 8.89. The molecule has 82 valence electrons. The highest BCUT2D eigenvalue weighted by atomic mass is 79.9. The molecule has 1 unspecified atom stereocenters. The molecule has 0 fully saturated rings. The number of benzene rings is 1. The van der Waals surface area contributed by atoms with Crippen LogP contribution in [0.15, 0.2) is 22.7 Å². The molecule has 0 bridgehead atoms. The molecule has 0 spiro atoms. The first-order chi connectivity index (χ1) is 7.06. The number of hydrogen-bond acceptors (Lipinski definition) is 1. The van der Waals surface area contributed by atoms with Gasteiger partial charge >= 0.3 is 0 Å². The third kappa shape index (κ3) is 3.13. The molecule has 0 aliphatic rings. The largest absolute Gasteiger partial charge is 0.294 e. The Bertz CT molecular complexity index is 363. The van der Waals surface area contributed by atoms with Crippen molar-refractivity contribution in [2.75, 3.05) is 0 Å². The van der Waals surface area contributed by atoms with Crippen LogP contribution in [0.4, 0.5) is 4.39 Å². The van der Waals surface area contributed by atoms with Gasteiger partial charge in [0.2, 0.25) is 0 Å². The topological polar surface area (TPSA) is 17.1 Å². The van der Waals surface area contributed by atoms with E-state index in [1.54, 1.807) is 6.07 Å². The maximum Gasteiger partial charge on any atom is 0.168 e. The lowest BCUT2D eigenvalue weighted by atomic mass is 9.95. The molecule has 0 saturated heterocycles. The third-order valence-electron chi connectivity index (χ3n) is 2.37. The SMILES string of the molecule is CCCC(C)C(=O)c1ccc(Br)cc1F. The minimum absolute atomic E-state index is 0.106. The third-order valence-corrected chi connectivity index (χ3v) is 2.86. The van der Waals surface area contributed by atoms with Crippen LogP contribution in [0.5, 0.6) is 0 Å². The number of Topliss-reactive ketones (excluding diaryl/α,β-unsaturated/α-hetero) is 1. The van der Waals surface area contributed by atoms with Gasteiger partial charge in [0.15, 0.2) is 5.78 Å². The van der Waals surface area contributed by atoms with E-state index >= 15 is 0 Å². The summed E-state index contributed by atoms with van der Waals surface area (Å²) in [5.41, 5.74) is 0.194. The fourth-order valence-corrected chi connectivity index (χ4v) is 1.85. The summed E-state index contributed by atoms with van der Waals surface area (Å²) in [6.45, 7) is 3.86. The Kier molecular flexibility index (Phi) is 4.45. The lowest BCUT2D eigenvalue weighted by Gasteiger charge is -2.09. The summed E-state index contributed by atoms with van der Waals surface area (Å²) < 4.78 is 14.1. The van der Waals surface area contributed by atoms with Gasteiger partial charge in [-0.2, -0.15) is 0 Å². The molecule has 1 nitrogen and oxygen atoms in total. The molecule has 0 aliphatic carbocycles. The van der Waals surface area contributed by atoms with Crippen LogP contribution >= 0.6 is 15.9 Å². The number of carbonyl (C=O) groups excluding carboxylic acids is 1. The van der Waals surface area contributed by atoms with Crippen LogP contribution < -0.4 is 0 Å². The second-order valence-electron chi connectivity index (χ2n) is 3.68. The van der Waals surface area contributed by atoms with Crippen LogP contribution in [0.2, 0.25) is 0 Å². The van der Waals surface area contributed by atoms with Gasteiger partial charge in [0.1, 0.15) is 5.82 Å². The molecule has 1 atom stereocenters. The number of hydrogen-bond donors (Lipinski definition) is 0. The quantitative estimate of drug-likeness (QED) is 0.751. The van der Waals surface area contributed by atoms with Gasteiger partial charge in [-0.25, -0.2) is 4.39 Å². The lowest BCUT2D eigenvalue weighted by molar-refractivity contribution is 0.0919. The number of ketones is 1. The predicted molar refractivity (Wildman–Crippen MR) is 62.5 cm³/mol. The van der Waals surface area contributed by atoms with Crippen LogP contribution in [0.25, 0.3) is 0 Å². The number of rotatable bonds is 4.